The molecular weight excluding hydrogens is 332 g/mol. The predicted molar refractivity (Wildman–Crippen MR) is 97.7 cm³/mol. The minimum absolute atomic E-state index is 0.0943. The molecule has 142 valence electrons. The molecule has 26 heavy (non-hydrogen) atoms. The van der Waals surface area contributed by atoms with Crippen molar-refractivity contribution in [1.29, 1.82) is 0 Å². The fourth-order valence-corrected chi connectivity index (χ4v) is 4.03. The smallest absolute Gasteiger partial charge is 0.410 e. The van der Waals surface area contributed by atoms with E-state index in [9.17, 15) is 14.7 Å². The van der Waals surface area contributed by atoms with E-state index in [0.29, 0.717) is 18.9 Å². The minimum atomic E-state index is -0.833. The van der Waals surface area contributed by atoms with Crippen LogP contribution in [0.3, 0.4) is 0 Å². The van der Waals surface area contributed by atoms with Crippen LogP contribution in [0, 0.1) is 11.8 Å². The van der Waals surface area contributed by atoms with Crippen molar-refractivity contribution in [2.45, 2.75) is 38.8 Å². The van der Waals surface area contributed by atoms with Crippen LogP contribution in [-0.2, 0) is 16.1 Å². The van der Waals surface area contributed by atoms with Crippen molar-refractivity contribution >= 4 is 12.1 Å². The van der Waals surface area contributed by atoms with Gasteiger partial charge in [0.2, 0.25) is 0 Å². The number of likely N-dealkylation sites (tertiary alicyclic amines) is 2. The van der Waals surface area contributed by atoms with Crippen molar-refractivity contribution < 1.29 is 19.4 Å². The Bertz CT molecular complexity index is 621. The van der Waals surface area contributed by atoms with Gasteiger partial charge in [0.05, 0.1) is 5.92 Å². The normalized spacial score (nSPS) is 27.1. The molecule has 3 atom stereocenters. The average molecular weight is 360 g/mol. The molecule has 0 saturated carbocycles. The van der Waals surface area contributed by atoms with E-state index in [-0.39, 0.29) is 19.2 Å². The zero-order chi connectivity index (χ0) is 18.5. The number of carboxylic acid groups (broad SMARTS) is 1. The van der Waals surface area contributed by atoms with Crippen LogP contribution in [0.4, 0.5) is 4.79 Å². The number of amides is 1. The fourth-order valence-electron chi connectivity index (χ4n) is 4.03. The van der Waals surface area contributed by atoms with Crippen molar-refractivity contribution in [3.05, 3.63) is 35.9 Å². The molecule has 1 N–H and O–H groups in total. The Morgan fingerprint density at radius 1 is 1.19 bits per heavy atom. The van der Waals surface area contributed by atoms with E-state index >= 15 is 0 Å². The first-order valence-electron chi connectivity index (χ1n) is 9.45. The molecule has 1 aromatic rings. The quantitative estimate of drug-likeness (QED) is 0.894. The van der Waals surface area contributed by atoms with Gasteiger partial charge in [-0.3, -0.25) is 9.69 Å². The van der Waals surface area contributed by atoms with E-state index in [4.69, 9.17) is 4.74 Å². The van der Waals surface area contributed by atoms with Gasteiger partial charge in [0.15, 0.2) is 0 Å². The Balaban J connectivity index is 1.63. The standard InChI is InChI=1S/C20H28N2O4/c1-15-6-5-9-21(11-15)18-10-17(19(23)24)12-22(13-18)20(25)26-14-16-7-3-2-4-8-16/h2-4,7-8,15,17-18H,5-6,9-14H2,1H3,(H,23,24)/t15-,17+,18+/m1/s1. The number of piperidine rings is 2. The SMILES string of the molecule is C[C@@H]1CCCN([C@H]2C[C@H](C(=O)O)CN(C(=O)OCc3ccccc3)C2)C1. The maximum Gasteiger partial charge on any atom is 0.410 e. The maximum absolute atomic E-state index is 12.5. The van der Waals surface area contributed by atoms with Crippen LogP contribution >= 0.6 is 0 Å². The monoisotopic (exact) mass is 360 g/mol. The Hall–Kier alpha value is -2.08. The summed E-state index contributed by atoms with van der Waals surface area (Å²) in [6, 6.07) is 9.62. The van der Waals surface area contributed by atoms with Gasteiger partial charge in [-0.2, -0.15) is 0 Å². The predicted octanol–water partition coefficient (Wildman–Crippen LogP) is 2.83. The van der Waals surface area contributed by atoms with E-state index in [1.165, 1.54) is 6.42 Å². The highest BCUT2D eigenvalue weighted by molar-refractivity contribution is 5.73. The molecule has 2 saturated heterocycles. The number of nitrogens with zero attached hydrogens (tertiary/aromatic N) is 2. The summed E-state index contributed by atoms with van der Waals surface area (Å²) < 4.78 is 5.43. The molecule has 0 bridgehead atoms. The number of carboxylic acids is 1. The van der Waals surface area contributed by atoms with E-state index in [1.807, 2.05) is 30.3 Å². The number of carbonyl (C=O) groups is 2. The summed E-state index contributed by atoms with van der Waals surface area (Å²) in [6.07, 6.45) is 2.53. The Labute approximate surface area is 154 Å². The van der Waals surface area contributed by atoms with Crippen LogP contribution in [0.1, 0.15) is 31.7 Å². The van der Waals surface area contributed by atoms with Gasteiger partial charge in [0.25, 0.3) is 0 Å². The molecule has 6 heteroatoms. The molecule has 3 rings (SSSR count). The average Bonchev–Trinajstić information content (AvgIpc) is 2.66. The first-order chi connectivity index (χ1) is 12.5. The van der Waals surface area contributed by atoms with E-state index in [1.54, 1.807) is 4.90 Å². The van der Waals surface area contributed by atoms with Gasteiger partial charge in [-0.15, -0.1) is 0 Å². The molecular formula is C20H28N2O4. The van der Waals surface area contributed by atoms with Crippen molar-refractivity contribution in [3.8, 4) is 0 Å². The van der Waals surface area contributed by atoms with Gasteiger partial charge >= 0.3 is 12.1 Å². The number of aliphatic carboxylic acids is 1. The number of benzene rings is 1. The highest BCUT2D eigenvalue weighted by Gasteiger charge is 2.37. The van der Waals surface area contributed by atoms with E-state index in [0.717, 1.165) is 25.1 Å². The van der Waals surface area contributed by atoms with Gasteiger partial charge in [-0.25, -0.2) is 4.79 Å². The fraction of sp³-hybridized carbons (Fsp3) is 0.600. The van der Waals surface area contributed by atoms with Crippen LogP contribution in [0.15, 0.2) is 30.3 Å². The van der Waals surface area contributed by atoms with Gasteiger partial charge in [0.1, 0.15) is 6.61 Å². The Kier molecular flexibility index (Phi) is 6.14. The van der Waals surface area contributed by atoms with Crippen LogP contribution < -0.4 is 0 Å². The van der Waals surface area contributed by atoms with Crippen LogP contribution in [0.25, 0.3) is 0 Å². The van der Waals surface area contributed by atoms with Crippen LogP contribution in [0.2, 0.25) is 0 Å². The minimum Gasteiger partial charge on any atom is -0.481 e. The molecule has 0 unspecified atom stereocenters. The summed E-state index contributed by atoms with van der Waals surface area (Å²) >= 11 is 0. The first-order valence-corrected chi connectivity index (χ1v) is 9.45. The third-order valence-electron chi connectivity index (χ3n) is 5.45. The summed E-state index contributed by atoms with van der Waals surface area (Å²) in [7, 11) is 0. The third-order valence-corrected chi connectivity index (χ3v) is 5.45. The first kappa shape index (κ1) is 18.7. The maximum atomic E-state index is 12.5. The molecule has 1 aromatic carbocycles. The summed E-state index contributed by atoms with van der Waals surface area (Å²) in [6.45, 7) is 5.17. The van der Waals surface area contributed by atoms with Crippen LogP contribution in [-0.4, -0.2) is 59.2 Å². The summed E-state index contributed by atoms with van der Waals surface area (Å²) in [5, 5.41) is 9.52. The van der Waals surface area contributed by atoms with Crippen LogP contribution in [0.5, 0.6) is 0 Å². The number of rotatable bonds is 4. The summed E-state index contributed by atoms with van der Waals surface area (Å²) in [5.74, 6) is -0.747. The van der Waals surface area contributed by atoms with Gasteiger partial charge in [-0.05, 0) is 37.3 Å². The second-order valence-electron chi connectivity index (χ2n) is 7.61. The van der Waals surface area contributed by atoms with E-state index < -0.39 is 18.0 Å². The number of ether oxygens (including phenoxy) is 1. The molecule has 0 aliphatic carbocycles. The molecule has 6 nitrogen and oxygen atoms in total. The van der Waals surface area contributed by atoms with Crippen molar-refractivity contribution in [1.82, 2.24) is 9.80 Å². The lowest BCUT2D eigenvalue weighted by molar-refractivity contribution is -0.144. The third kappa shape index (κ3) is 4.75. The number of hydrogen-bond acceptors (Lipinski definition) is 4. The van der Waals surface area contributed by atoms with Crippen molar-refractivity contribution in [2.75, 3.05) is 26.2 Å². The zero-order valence-corrected chi connectivity index (χ0v) is 15.3. The lowest BCUT2D eigenvalue weighted by atomic mass is 9.90. The second kappa shape index (κ2) is 8.54. The molecule has 2 aliphatic heterocycles. The summed E-state index contributed by atoms with van der Waals surface area (Å²) in [4.78, 5) is 28.1. The van der Waals surface area contributed by atoms with Gasteiger partial charge in [0, 0.05) is 25.7 Å². The van der Waals surface area contributed by atoms with Gasteiger partial charge in [-0.1, -0.05) is 37.3 Å². The van der Waals surface area contributed by atoms with Gasteiger partial charge < -0.3 is 14.7 Å². The highest BCUT2D eigenvalue weighted by Crippen LogP contribution is 2.26. The van der Waals surface area contributed by atoms with Crippen molar-refractivity contribution in [2.24, 2.45) is 11.8 Å². The highest BCUT2D eigenvalue weighted by atomic mass is 16.6. The summed E-state index contributed by atoms with van der Waals surface area (Å²) in [5.41, 5.74) is 0.925. The van der Waals surface area contributed by atoms with E-state index in [2.05, 4.69) is 11.8 Å². The molecule has 2 aliphatic rings. The second-order valence-corrected chi connectivity index (χ2v) is 7.61. The molecule has 2 heterocycles. The molecule has 1 amide bonds. The number of hydrogen-bond donors (Lipinski definition) is 1. The Morgan fingerprint density at radius 3 is 2.65 bits per heavy atom. The molecule has 2 fully saturated rings. The Morgan fingerprint density at radius 2 is 1.96 bits per heavy atom. The lowest BCUT2D eigenvalue weighted by Crippen LogP contribution is -2.55. The molecule has 0 spiro atoms. The molecule has 0 aromatic heterocycles. The largest absolute Gasteiger partial charge is 0.481 e. The topological polar surface area (TPSA) is 70.1 Å². The van der Waals surface area contributed by atoms with Crippen molar-refractivity contribution in [3.63, 3.8) is 0 Å². The zero-order valence-electron chi connectivity index (χ0n) is 15.3. The lowest BCUT2D eigenvalue weighted by Gasteiger charge is -2.43. The number of carbonyl (C=O) groups excluding carboxylic acids is 1. The molecule has 0 radical (unpaired) electrons.